The maximum absolute atomic E-state index is 10.9. The van der Waals surface area contributed by atoms with E-state index in [1.807, 2.05) is 13.0 Å². The molecule has 4 nitrogen and oxygen atoms in total. The van der Waals surface area contributed by atoms with Crippen molar-refractivity contribution >= 4 is 0 Å². The second-order valence-electron chi connectivity index (χ2n) is 4.74. The lowest BCUT2D eigenvalue weighted by Crippen LogP contribution is -2.43. The molecule has 18 heavy (non-hydrogen) atoms. The molecule has 0 radical (unpaired) electrons. The zero-order chi connectivity index (χ0) is 13.0. The van der Waals surface area contributed by atoms with E-state index in [4.69, 9.17) is 9.47 Å². The fourth-order valence-electron chi connectivity index (χ4n) is 2.67. The standard InChI is InChI=1S/C14H21NO3/c1-3-18-12-8-11(9-15-10-12)14(16)7-5-4-6-13(14)17-2/h8-10,13,16H,3-7H2,1-2H3. The molecule has 100 valence electrons. The average molecular weight is 251 g/mol. The molecule has 1 aromatic rings. The van der Waals surface area contributed by atoms with Gasteiger partial charge in [0.2, 0.25) is 0 Å². The van der Waals surface area contributed by atoms with Gasteiger partial charge in [0.15, 0.2) is 0 Å². The van der Waals surface area contributed by atoms with Gasteiger partial charge in [-0.25, -0.2) is 0 Å². The largest absolute Gasteiger partial charge is 0.492 e. The van der Waals surface area contributed by atoms with Crippen molar-refractivity contribution in [2.24, 2.45) is 0 Å². The van der Waals surface area contributed by atoms with E-state index < -0.39 is 5.60 Å². The molecule has 1 aromatic heterocycles. The molecule has 0 spiro atoms. The van der Waals surface area contributed by atoms with E-state index in [0.717, 1.165) is 24.8 Å². The Morgan fingerprint density at radius 3 is 3.00 bits per heavy atom. The van der Waals surface area contributed by atoms with Crippen LogP contribution in [0.15, 0.2) is 18.5 Å². The van der Waals surface area contributed by atoms with Crippen LogP contribution in [0.4, 0.5) is 0 Å². The molecule has 0 saturated heterocycles. The van der Waals surface area contributed by atoms with Crippen LogP contribution in [0.3, 0.4) is 0 Å². The van der Waals surface area contributed by atoms with Crippen LogP contribution in [0, 0.1) is 0 Å². The Morgan fingerprint density at radius 1 is 1.44 bits per heavy atom. The Morgan fingerprint density at radius 2 is 2.28 bits per heavy atom. The lowest BCUT2D eigenvalue weighted by Gasteiger charge is -2.39. The Hall–Kier alpha value is -1.13. The van der Waals surface area contributed by atoms with Crippen molar-refractivity contribution < 1.29 is 14.6 Å². The third-order valence-electron chi connectivity index (χ3n) is 3.62. The number of aromatic nitrogens is 1. The Bertz CT molecular complexity index is 396. The van der Waals surface area contributed by atoms with E-state index in [-0.39, 0.29) is 6.10 Å². The Balaban J connectivity index is 2.29. The number of nitrogens with zero attached hydrogens (tertiary/aromatic N) is 1. The molecular weight excluding hydrogens is 230 g/mol. The predicted molar refractivity (Wildman–Crippen MR) is 68.6 cm³/mol. The van der Waals surface area contributed by atoms with E-state index in [1.54, 1.807) is 19.5 Å². The van der Waals surface area contributed by atoms with Crippen LogP contribution in [0.1, 0.15) is 38.2 Å². The summed E-state index contributed by atoms with van der Waals surface area (Å²) in [6.45, 7) is 2.53. The van der Waals surface area contributed by atoms with Gasteiger partial charge in [0.05, 0.1) is 18.9 Å². The number of hydrogen-bond acceptors (Lipinski definition) is 4. The number of hydrogen-bond donors (Lipinski definition) is 1. The van der Waals surface area contributed by atoms with Gasteiger partial charge in [0, 0.05) is 18.9 Å². The van der Waals surface area contributed by atoms with Crippen molar-refractivity contribution in [3.8, 4) is 5.75 Å². The molecule has 0 aromatic carbocycles. The maximum atomic E-state index is 10.9. The van der Waals surface area contributed by atoms with Crippen LogP contribution in [0.5, 0.6) is 5.75 Å². The van der Waals surface area contributed by atoms with Gasteiger partial charge in [0.1, 0.15) is 11.4 Å². The van der Waals surface area contributed by atoms with E-state index in [2.05, 4.69) is 4.98 Å². The van der Waals surface area contributed by atoms with Gasteiger partial charge in [-0.15, -0.1) is 0 Å². The summed E-state index contributed by atoms with van der Waals surface area (Å²) < 4.78 is 10.9. The molecule has 4 heteroatoms. The highest BCUT2D eigenvalue weighted by atomic mass is 16.5. The minimum absolute atomic E-state index is 0.162. The van der Waals surface area contributed by atoms with E-state index in [1.165, 1.54) is 0 Å². The lowest BCUT2D eigenvalue weighted by molar-refractivity contribution is -0.122. The normalized spacial score (nSPS) is 28.1. The number of rotatable bonds is 4. The third-order valence-corrected chi connectivity index (χ3v) is 3.62. The van der Waals surface area contributed by atoms with Crippen molar-refractivity contribution in [3.63, 3.8) is 0 Å². The molecule has 1 N–H and O–H groups in total. The van der Waals surface area contributed by atoms with Gasteiger partial charge in [-0.3, -0.25) is 4.98 Å². The zero-order valence-electron chi connectivity index (χ0n) is 11.1. The van der Waals surface area contributed by atoms with E-state index >= 15 is 0 Å². The lowest BCUT2D eigenvalue weighted by atomic mass is 9.78. The van der Waals surface area contributed by atoms with Crippen LogP contribution in [-0.4, -0.2) is 29.9 Å². The van der Waals surface area contributed by atoms with Crippen molar-refractivity contribution in [2.75, 3.05) is 13.7 Å². The van der Waals surface area contributed by atoms with Gasteiger partial charge in [-0.05, 0) is 25.8 Å². The van der Waals surface area contributed by atoms with Gasteiger partial charge < -0.3 is 14.6 Å². The molecular formula is C14H21NO3. The molecule has 2 atom stereocenters. The second kappa shape index (κ2) is 5.67. The van der Waals surface area contributed by atoms with E-state index in [0.29, 0.717) is 18.8 Å². The molecule has 1 saturated carbocycles. The number of ether oxygens (including phenoxy) is 2. The summed E-state index contributed by atoms with van der Waals surface area (Å²) in [6, 6.07) is 1.87. The summed E-state index contributed by atoms with van der Waals surface area (Å²) in [4.78, 5) is 4.15. The predicted octanol–water partition coefficient (Wildman–Crippen LogP) is 2.26. The summed E-state index contributed by atoms with van der Waals surface area (Å²) in [6.07, 6.45) is 6.91. The first-order chi connectivity index (χ1) is 8.70. The van der Waals surface area contributed by atoms with Crippen molar-refractivity contribution in [3.05, 3.63) is 24.0 Å². The van der Waals surface area contributed by atoms with Crippen LogP contribution in [0.25, 0.3) is 0 Å². The SMILES string of the molecule is CCOc1cncc(C2(O)CCCCC2OC)c1. The van der Waals surface area contributed by atoms with Gasteiger partial charge in [0.25, 0.3) is 0 Å². The van der Waals surface area contributed by atoms with Gasteiger partial charge >= 0.3 is 0 Å². The average Bonchev–Trinajstić information content (AvgIpc) is 2.40. The van der Waals surface area contributed by atoms with Gasteiger partial charge in [-0.1, -0.05) is 12.8 Å². The molecule has 2 rings (SSSR count). The van der Waals surface area contributed by atoms with Crippen LogP contribution < -0.4 is 4.74 Å². The first-order valence-corrected chi connectivity index (χ1v) is 6.54. The smallest absolute Gasteiger partial charge is 0.137 e. The Labute approximate surface area is 108 Å². The molecule has 0 bridgehead atoms. The fourth-order valence-corrected chi connectivity index (χ4v) is 2.67. The molecule has 0 amide bonds. The minimum Gasteiger partial charge on any atom is -0.492 e. The summed E-state index contributed by atoms with van der Waals surface area (Å²) >= 11 is 0. The highest BCUT2D eigenvalue weighted by Gasteiger charge is 2.41. The van der Waals surface area contributed by atoms with Crippen molar-refractivity contribution in [1.29, 1.82) is 0 Å². The van der Waals surface area contributed by atoms with Crippen molar-refractivity contribution in [2.45, 2.75) is 44.3 Å². The summed E-state index contributed by atoms with van der Waals surface area (Å²) in [5.41, 5.74) is -0.146. The first kappa shape index (κ1) is 13.3. The molecule has 0 aliphatic heterocycles. The second-order valence-corrected chi connectivity index (χ2v) is 4.74. The molecule has 1 aliphatic rings. The number of pyridine rings is 1. The highest BCUT2D eigenvalue weighted by molar-refractivity contribution is 5.29. The topological polar surface area (TPSA) is 51.6 Å². The summed E-state index contributed by atoms with van der Waals surface area (Å²) in [7, 11) is 1.65. The van der Waals surface area contributed by atoms with Gasteiger partial charge in [-0.2, -0.15) is 0 Å². The quantitative estimate of drug-likeness (QED) is 0.891. The third kappa shape index (κ3) is 2.49. The number of methoxy groups -OCH3 is 1. The van der Waals surface area contributed by atoms with E-state index in [9.17, 15) is 5.11 Å². The number of aliphatic hydroxyl groups is 1. The monoisotopic (exact) mass is 251 g/mol. The minimum atomic E-state index is -0.937. The van der Waals surface area contributed by atoms with Crippen LogP contribution >= 0.6 is 0 Å². The molecule has 1 aliphatic carbocycles. The summed E-state index contributed by atoms with van der Waals surface area (Å²) in [5, 5.41) is 10.9. The summed E-state index contributed by atoms with van der Waals surface area (Å²) in [5.74, 6) is 0.698. The fraction of sp³-hybridized carbons (Fsp3) is 0.643. The molecule has 2 unspecified atom stereocenters. The maximum Gasteiger partial charge on any atom is 0.137 e. The van der Waals surface area contributed by atoms with Crippen LogP contribution in [0.2, 0.25) is 0 Å². The highest BCUT2D eigenvalue weighted by Crippen LogP contribution is 2.39. The zero-order valence-corrected chi connectivity index (χ0v) is 11.1. The Kier molecular flexibility index (Phi) is 4.19. The molecule has 1 heterocycles. The molecule has 1 fully saturated rings. The van der Waals surface area contributed by atoms with Crippen LogP contribution in [-0.2, 0) is 10.3 Å². The first-order valence-electron chi connectivity index (χ1n) is 6.54. The van der Waals surface area contributed by atoms with Crippen molar-refractivity contribution in [1.82, 2.24) is 4.98 Å².